The highest BCUT2D eigenvalue weighted by Gasteiger charge is 2.23. The first-order valence-electron chi connectivity index (χ1n) is 8.14. The second-order valence-corrected chi connectivity index (χ2v) is 5.94. The van der Waals surface area contributed by atoms with Crippen LogP contribution in [0.15, 0.2) is 36.4 Å². The van der Waals surface area contributed by atoms with E-state index < -0.39 is 10.7 Å². The lowest BCUT2D eigenvalue weighted by molar-refractivity contribution is -0.390. The van der Waals surface area contributed by atoms with Gasteiger partial charge in [-0.2, -0.15) is 0 Å². The third-order valence-electron chi connectivity index (χ3n) is 4.06. The number of rotatable bonds is 6. The maximum atomic E-state index is 12.4. The van der Waals surface area contributed by atoms with E-state index in [0.29, 0.717) is 29.9 Å². The molecular weight excluding hydrogens is 338 g/mol. The fraction of sp³-hybridized carbons (Fsp3) is 0.278. The summed E-state index contributed by atoms with van der Waals surface area (Å²) >= 11 is 0. The first kappa shape index (κ1) is 17.5. The molecule has 8 nitrogen and oxygen atoms in total. The number of aromatic nitrogens is 1. The molecule has 1 aliphatic heterocycles. The van der Waals surface area contributed by atoms with E-state index in [1.54, 1.807) is 42.2 Å². The monoisotopic (exact) mass is 355 g/mol. The Kier molecular flexibility index (Phi) is 4.92. The molecule has 0 radical (unpaired) electrons. The highest BCUT2D eigenvalue weighted by Crippen LogP contribution is 2.25. The van der Waals surface area contributed by atoms with Crippen LogP contribution in [-0.4, -0.2) is 34.7 Å². The fourth-order valence-corrected chi connectivity index (χ4v) is 2.77. The summed E-state index contributed by atoms with van der Waals surface area (Å²) in [5.41, 5.74) is 1.53. The van der Waals surface area contributed by atoms with Crippen LogP contribution in [0.25, 0.3) is 0 Å². The van der Waals surface area contributed by atoms with E-state index in [0.717, 1.165) is 6.42 Å². The number of nitrogens with zero attached hydrogens (tertiary/aromatic N) is 3. The molecule has 26 heavy (non-hydrogen) atoms. The van der Waals surface area contributed by atoms with E-state index in [2.05, 4.69) is 4.98 Å². The fourth-order valence-electron chi connectivity index (χ4n) is 2.77. The third-order valence-corrected chi connectivity index (χ3v) is 4.06. The Labute approximate surface area is 149 Å². The predicted octanol–water partition coefficient (Wildman–Crippen LogP) is 2.69. The zero-order valence-corrected chi connectivity index (χ0v) is 14.2. The van der Waals surface area contributed by atoms with E-state index in [4.69, 9.17) is 4.74 Å². The molecule has 1 fully saturated rings. The first-order valence-corrected chi connectivity index (χ1v) is 8.14. The molecule has 0 bridgehead atoms. The van der Waals surface area contributed by atoms with E-state index >= 15 is 0 Å². The Morgan fingerprint density at radius 3 is 2.85 bits per heavy atom. The van der Waals surface area contributed by atoms with Gasteiger partial charge < -0.3 is 19.8 Å². The summed E-state index contributed by atoms with van der Waals surface area (Å²) in [6.45, 7) is 1.91. The van der Waals surface area contributed by atoms with Crippen molar-refractivity contribution in [2.24, 2.45) is 0 Å². The highest BCUT2D eigenvalue weighted by atomic mass is 16.6. The van der Waals surface area contributed by atoms with Gasteiger partial charge in [0.05, 0.1) is 0 Å². The molecule has 1 aromatic heterocycles. The minimum absolute atomic E-state index is 0.0344. The van der Waals surface area contributed by atoms with Gasteiger partial charge in [-0.15, -0.1) is 0 Å². The lowest BCUT2D eigenvalue weighted by atomic mass is 10.1. The van der Waals surface area contributed by atoms with E-state index in [-0.39, 0.29) is 24.0 Å². The van der Waals surface area contributed by atoms with Crippen molar-refractivity contribution in [3.8, 4) is 5.75 Å². The average molecular weight is 355 g/mol. The van der Waals surface area contributed by atoms with Crippen LogP contribution >= 0.6 is 0 Å². The third kappa shape index (κ3) is 3.69. The Bertz CT molecular complexity index is 881. The molecule has 134 valence electrons. The maximum absolute atomic E-state index is 12.4. The number of nitro groups is 1. The largest absolute Gasteiger partial charge is 0.477 e. The Morgan fingerprint density at radius 2 is 2.15 bits per heavy atom. The van der Waals surface area contributed by atoms with Crippen LogP contribution in [0.1, 0.15) is 28.9 Å². The Hall–Kier alpha value is -3.29. The zero-order valence-electron chi connectivity index (χ0n) is 14.2. The van der Waals surface area contributed by atoms with Gasteiger partial charge in [0.15, 0.2) is 12.4 Å². The molecule has 2 heterocycles. The van der Waals surface area contributed by atoms with Gasteiger partial charge in [-0.25, -0.2) is 0 Å². The first-order chi connectivity index (χ1) is 12.5. The van der Waals surface area contributed by atoms with Gasteiger partial charge in [-0.3, -0.25) is 9.59 Å². The molecule has 1 amide bonds. The summed E-state index contributed by atoms with van der Waals surface area (Å²) in [5.74, 6) is -0.783. The summed E-state index contributed by atoms with van der Waals surface area (Å²) in [6, 6.07) is 9.73. The topological polar surface area (TPSA) is 103 Å². The van der Waals surface area contributed by atoms with Gasteiger partial charge in [-0.1, -0.05) is 12.1 Å². The molecule has 1 aliphatic rings. The van der Waals surface area contributed by atoms with Crippen LogP contribution < -0.4 is 9.64 Å². The number of carbonyl (C=O) groups excluding carboxylic acids is 2. The normalized spacial score (nSPS) is 13.7. The number of ether oxygens (including phenoxy) is 1. The maximum Gasteiger partial charge on any atom is 0.406 e. The minimum Gasteiger partial charge on any atom is -0.477 e. The number of Topliss-reactive ketones (excluding diaryl/α,β-unsaturated/α-hetero) is 1. The van der Waals surface area contributed by atoms with Crippen LogP contribution in [0.2, 0.25) is 0 Å². The molecule has 1 saturated heterocycles. The van der Waals surface area contributed by atoms with Crippen molar-refractivity contribution in [1.82, 2.24) is 4.98 Å². The molecule has 1 aromatic carbocycles. The Balaban J connectivity index is 1.73. The number of anilines is 1. The minimum atomic E-state index is -0.646. The van der Waals surface area contributed by atoms with Crippen molar-refractivity contribution < 1.29 is 19.2 Å². The molecule has 0 unspecified atom stereocenters. The number of carbonyl (C=O) groups is 2. The SMILES string of the molecule is Cc1ccc(OCC(=O)c2cccc(N3CCCC3=O)c2)c([N+](=O)[O-])n1. The molecule has 0 spiro atoms. The van der Waals surface area contributed by atoms with Gasteiger partial charge in [0.2, 0.25) is 11.7 Å². The molecular formula is C18H17N3O5. The number of ketones is 1. The van der Waals surface area contributed by atoms with E-state index in [1.807, 2.05) is 0 Å². The quantitative estimate of drug-likeness (QED) is 0.448. The summed E-state index contributed by atoms with van der Waals surface area (Å²) in [5, 5.41) is 11.1. The summed E-state index contributed by atoms with van der Waals surface area (Å²) < 4.78 is 5.32. The number of pyridine rings is 1. The van der Waals surface area contributed by atoms with Gasteiger partial charge in [0, 0.05) is 31.1 Å². The van der Waals surface area contributed by atoms with E-state index in [1.165, 1.54) is 6.07 Å². The van der Waals surface area contributed by atoms with Crippen LogP contribution in [0.4, 0.5) is 11.5 Å². The molecule has 8 heteroatoms. The van der Waals surface area contributed by atoms with Crippen molar-refractivity contribution in [1.29, 1.82) is 0 Å². The van der Waals surface area contributed by atoms with Gasteiger partial charge in [0.1, 0.15) is 5.69 Å². The second kappa shape index (κ2) is 7.30. The summed E-state index contributed by atoms with van der Waals surface area (Å²) in [4.78, 5) is 40.1. The number of aryl methyl sites for hydroxylation is 1. The van der Waals surface area contributed by atoms with Crippen molar-refractivity contribution in [2.75, 3.05) is 18.1 Å². The number of benzene rings is 1. The number of amides is 1. The molecule has 2 aromatic rings. The van der Waals surface area contributed by atoms with Crippen molar-refractivity contribution >= 4 is 23.2 Å². The standard InChI is InChI=1S/C18H17N3O5/c1-12-7-8-16(18(19-12)21(24)25)26-11-15(22)13-4-2-5-14(10-13)20-9-3-6-17(20)23/h2,4-5,7-8,10H,3,6,9,11H2,1H3. The van der Waals surface area contributed by atoms with Gasteiger partial charge >= 0.3 is 5.82 Å². The van der Waals surface area contributed by atoms with Crippen LogP contribution in [0, 0.1) is 17.0 Å². The van der Waals surface area contributed by atoms with Crippen LogP contribution in [-0.2, 0) is 4.79 Å². The number of hydrogen-bond acceptors (Lipinski definition) is 6. The molecule has 0 aliphatic carbocycles. The molecule has 3 rings (SSSR count). The predicted molar refractivity (Wildman–Crippen MR) is 93.5 cm³/mol. The second-order valence-electron chi connectivity index (χ2n) is 5.94. The van der Waals surface area contributed by atoms with Crippen molar-refractivity contribution in [3.05, 3.63) is 57.8 Å². The molecule has 0 saturated carbocycles. The smallest absolute Gasteiger partial charge is 0.406 e. The lowest BCUT2D eigenvalue weighted by Gasteiger charge is -2.16. The Morgan fingerprint density at radius 1 is 1.35 bits per heavy atom. The summed E-state index contributed by atoms with van der Waals surface area (Å²) in [6.07, 6.45) is 1.30. The van der Waals surface area contributed by atoms with Gasteiger partial charge in [-0.05, 0) is 40.6 Å². The van der Waals surface area contributed by atoms with E-state index in [9.17, 15) is 19.7 Å². The van der Waals surface area contributed by atoms with Crippen molar-refractivity contribution in [3.63, 3.8) is 0 Å². The van der Waals surface area contributed by atoms with Crippen LogP contribution in [0.3, 0.4) is 0 Å². The molecule has 0 N–H and O–H groups in total. The van der Waals surface area contributed by atoms with Crippen LogP contribution in [0.5, 0.6) is 5.75 Å². The number of hydrogen-bond donors (Lipinski definition) is 0. The zero-order chi connectivity index (χ0) is 18.7. The van der Waals surface area contributed by atoms with Crippen molar-refractivity contribution in [2.45, 2.75) is 19.8 Å². The summed E-state index contributed by atoms with van der Waals surface area (Å²) in [7, 11) is 0. The average Bonchev–Trinajstić information content (AvgIpc) is 3.06. The van der Waals surface area contributed by atoms with Gasteiger partial charge in [0.25, 0.3) is 0 Å². The molecule has 0 atom stereocenters. The lowest BCUT2D eigenvalue weighted by Crippen LogP contribution is -2.24. The highest BCUT2D eigenvalue weighted by molar-refractivity contribution is 6.00.